The first-order valence-electron chi connectivity index (χ1n) is 13.8. The molecule has 0 radical (unpaired) electrons. The van der Waals surface area contributed by atoms with Gasteiger partial charge in [0.2, 0.25) is 5.88 Å². The molecule has 1 amide bonds. The summed E-state index contributed by atoms with van der Waals surface area (Å²) in [6, 6.07) is 9.56. The number of ether oxygens (including phenoxy) is 4. The molecule has 0 unspecified atom stereocenters. The van der Waals surface area contributed by atoms with Crippen molar-refractivity contribution >= 4 is 22.6 Å². The first kappa shape index (κ1) is 29.5. The Morgan fingerprint density at radius 3 is 2.36 bits per heavy atom. The van der Waals surface area contributed by atoms with Gasteiger partial charge in [-0.1, -0.05) is 0 Å². The Bertz CT molecular complexity index is 2010. The molecule has 230 valence electrons. The van der Waals surface area contributed by atoms with Crippen LogP contribution in [0.15, 0.2) is 59.7 Å². The number of halogens is 2. The molecule has 1 N–H and O–H groups in total. The summed E-state index contributed by atoms with van der Waals surface area (Å²) in [5.74, 6) is -2.76. The molecule has 0 atom stereocenters. The van der Waals surface area contributed by atoms with Crippen LogP contribution < -0.4 is 29.8 Å². The Morgan fingerprint density at radius 1 is 0.956 bits per heavy atom. The minimum Gasteiger partial charge on any atom is -0.491 e. The number of aryl methyl sites for hydroxylation is 1. The van der Waals surface area contributed by atoms with Crippen LogP contribution >= 0.6 is 0 Å². The van der Waals surface area contributed by atoms with Crippen LogP contribution in [0.3, 0.4) is 0 Å². The molecule has 1 fully saturated rings. The van der Waals surface area contributed by atoms with Gasteiger partial charge in [-0.25, -0.2) is 18.7 Å². The molecule has 11 nitrogen and oxygen atoms in total. The number of aromatic nitrogens is 4. The van der Waals surface area contributed by atoms with Gasteiger partial charge in [-0.3, -0.25) is 19.1 Å². The summed E-state index contributed by atoms with van der Waals surface area (Å²) in [5.41, 5.74) is 1.48. The summed E-state index contributed by atoms with van der Waals surface area (Å²) in [6.07, 6.45) is 4.72. The molecular formula is C32H27F2N5O6. The first-order valence-corrected chi connectivity index (χ1v) is 13.8. The normalized spacial score (nSPS) is 12.6. The molecule has 13 heteroatoms. The largest absolute Gasteiger partial charge is 0.491 e. The van der Waals surface area contributed by atoms with Crippen molar-refractivity contribution in [2.24, 2.45) is 0 Å². The maximum Gasteiger partial charge on any atom is 0.268 e. The van der Waals surface area contributed by atoms with E-state index in [-0.39, 0.29) is 34.3 Å². The SMILES string of the molecule is COc1cc(C)c(-n2c(C3CC3)ccc(C(=O)Nc3cc(F)c(Oc4ccnc5cc(OC)c(OC)nc45)c(F)c3)c2=O)cn1. The fourth-order valence-corrected chi connectivity index (χ4v) is 4.96. The topological polar surface area (TPSA) is 127 Å². The van der Waals surface area contributed by atoms with E-state index in [1.54, 1.807) is 18.2 Å². The number of rotatable bonds is 9. The van der Waals surface area contributed by atoms with E-state index in [4.69, 9.17) is 18.9 Å². The minimum absolute atomic E-state index is 0.00940. The molecule has 0 spiro atoms. The number of carbonyl (C=O) groups excluding carboxylic acids is 1. The number of nitrogens with zero attached hydrogens (tertiary/aromatic N) is 4. The van der Waals surface area contributed by atoms with Gasteiger partial charge in [0.25, 0.3) is 17.3 Å². The number of anilines is 1. The molecule has 0 bridgehead atoms. The number of methoxy groups -OCH3 is 3. The number of hydrogen-bond donors (Lipinski definition) is 1. The molecule has 0 saturated heterocycles. The summed E-state index contributed by atoms with van der Waals surface area (Å²) >= 11 is 0. The number of pyridine rings is 4. The van der Waals surface area contributed by atoms with Crippen LogP contribution in [0.4, 0.5) is 14.5 Å². The second-order valence-corrected chi connectivity index (χ2v) is 10.3. The van der Waals surface area contributed by atoms with Crippen molar-refractivity contribution in [2.75, 3.05) is 26.6 Å². The maximum absolute atomic E-state index is 15.3. The van der Waals surface area contributed by atoms with Crippen molar-refractivity contribution < 1.29 is 32.5 Å². The summed E-state index contributed by atoms with van der Waals surface area (Å²) < 4.78 is 53.2. The quantitative estimate of drug-likeness (QED) is 0.222. The highest BCUT2D eigenvalue weighted by Gasteiger charge is 2.29. The summed E-state index contributed by atoms with van der Waals surface area (Å²) in [5, 5.41) is 2.43. The molecule has 4 aromatic heterocycles. The number of hydrogen-bond acceptors (Lipinski definition) is 9. The van der Waals surface area contributed by atoms with Crippen molar-refractivity contribution in [1.82, 2.24) is 19.5 Å². The first-order chi connectivity index (χ1) is 21.7. The van der Waals surface area contributed by atoms with Crippen LogP contribution in [0.2, 0.25) is 0 Å². The monoisotopic (exact) mass is 615 g/mol. The van der Waals surface area contributed by atoms with Crippen molar-refractivity contribution in [2.45, 2.75) is 25.7 Å². The second kappa shape index (κ2) is 11.8. The zero-order valence-electron chi connectivity index (χ0n) is 24.7. The van der Waals surface area contributed by atoms with Crippen LogP contribution in [0.5, 0.6) is 29.0 Å². The lowest BCUT2D eigenvalue weighted by Crippen LogP contribution is -2.30. The molecule has 5 aromatic rings. The van der Waals surface area contributed by atoms with Crippen LogP contribution in [-0.4, -0.2) is 46.8 Å². The number of nitrogens with one attached hydrogen (secondary N) is 1. The molecule has 4 heterocycles. The van der Waals surface area contributed by atoms with Gasteiger partial charge in [0.15, 0.2) is 28.9 Å². The lowest BCUT2D eigenvalue weighted by atomic mass is 10.1. The van der Waals surface area contributed by atoms with Crippen molar-refractivity contribution in [3.8, 4) is 34.7 Å². The van der Waals surface area contributed by atoms with Gasteiger partial charge in [-0.05, 0) is 43.4 Å². The van der Waals surface area contributed by atoms with E-state index >= 15 is 8.78 Å². The van der Waals surface area contributed by atoms with E-state index < -0.39 is 28.9 Å². The number of carbonyl (C=O) groups is 1. The lowest BCUT2D eigenvalue weighted by molar-refractivity contribution is 0.102. The van der Waals surface area contributed by atoms with Gasteiger partial charge in [0.1, 0.15) is 11.1 Å². The Kier molecular flexibility index (Phi) is 7.75. The van der Waals surface area contributed by atoms with E-state index in [1.807, 2.05) is 6.92 Å². The molecule has 1 aliphatic rings. The number of fused-ring (bicyclic) bond motifs is 1. The molecule has 45 heavy (non-hydrogen) atoms. The van der Waals surface area contributed by atoms with Crippen LogP contribution in [0.25, 0.3) is 16.7 Å². The summed E-state index contributed by atoms with van der Waals surface area (Å²) in [7, 11) is 4.33. The van der Waals surface area contributed by atoms with E-state index in [0.717, 1.165) is 36.2 Å². The molecule has 6 rings (SSSR count). The average molecular weight is 616 g/mol. The van der Waals surface area contributed by atoms with Gasteiger partial charge in [-0.15, -0.1) is 0 Å². The van der Waals surface area contributed by atoms with E-state index in [1.165, 1.54) is 50.4 Å². The summed E-state index contributed by atoms with van der Waals surface area (Å²) in [4.78, 5) is 39.7. The minimum atomic E-state index is -1.10. The Labute approximate surface area is 255 Å². The van der Waals surface area contributed by atoms with E-state index in [9.17, 15) is 9.59 Å². The molecule has 1 saturated carbocycles. The highest BCUT2D eigenvalue weighted by molar-refractivity contribution is 6.04. The Hall–Kier alpha value is -5.59. The van der Waals surface area contributed by atoms with Gasteiger partial charge < -0.3 is 24.3 Å². The smallest absolute Gasteiger partial charge is 0.268 e. The third kappa shape index (κ3) is 5.59. The van der Waals surface area contributed by atoms with Crippen LogP contribution in [0, 0.1) is 18.6 Å². The van der Waals surface area contributed by atoms with Gasteiger partial charge in [0, 0.05) is 47.9 Å². The zero-order chi connectivity index (χ0) is 31.8. The predicted molar refractivity (Wildman–Crippen MR) is 160 cm³/mol. The lowest BCUT2D eigenvalue weighted by Gasteiger charge is -2.17. The average Bonchev–Trinajstić information content (AvgIpc) is 3.88. The van der Waals surface area contributed by atoms with Crippen molar-refractivity contribution in [1.29, 1.82) is 0 Å². The fourth-order valence-electron chi connectivity index (χ4n) is 4.96. The molecule has 1 aromatic carbocycles. The summed E-state index contributed by atoms with van der Waals surface area (Å²) in [6.45, 7) is 1.81. The Morgan fingerprint density at radius 2 is 1.71 bits per heavy atom. The number of amides is 1. The standard InChI is InChI=1S/C32H27F2N5O6/c1-16-11-27(43-3)36-15-24(16)39-23(17-5-6-17)8-7-19(32(39)41)30(40)37-18-12-20(33)29(21(34)13-18)45-25-9-10-35-22-14-26(42-2)31(44-4)38-28(22)25/h7-15,17H,5-6H2,1-4H3,(H,37,40). The maximum atomic E-state index is 15.3. The Balaban J connectivity index is 1.30. The van der Waals surface area contributed by atoms with Crippen molar-refractivity contribution in [3.05, 3.63) is 93.7 Å². The van der Waals surface area contributed by atoms with Crippen LogP contribution in [0.1, 0.15) is 40.4 Å². The molecule has 0 aliphatic heterocycles. The highest BCUT2D eigenvalue weighted by Crippen LogP contribution is 2.41. The zero-order valence-corrected chi connectivity index (χ0v) is 24.7. The number of benzene rings is 1. The van der Waals surface area contributed by atoms with Crippen LogP contribution in [-0.2, 0) is 0 Å². The van der Waals surface area contributed by atoms with E-state index in [0.29, 0.717) is 22.8 Å². The van der Waals surface area contributed by atoms with Gasteiger partial charge >= 0.3 is 0 Å². The second-order valence-electron chi connectivity index (χ2n) is 10.3. The van der Waals surface area contributed by atoms with Gasteiger partial charge in [-0.2, -0.15) is 0 Å². The van der Waals surface area contributed by atoms with Gasteiger partial charge in [0.05, 0.1) is 38.7 Å². The third-order valence-electron chi connectivity index (χ3n) is 7.35. The van der Waals surface area contributed by atoms with Crippen molar-refractivity contribution in [3.63, 3.8) is 0 Å². The van der Waals surface area contributed by atoms with E-state index in [2.05, 4.69) is 20.3 Å². The molecule has 1 aliphatic carbocycles. The third-order valence-corrected chi connectivity index (χ3v) is 7.35. The fraction of sp³-hybridized carbons (Fsp3) is 0.219. The molecular weight excluding hydrogens is 588 g/mol. The predicted octanol–water partition coefficient (Wildman–Crippen LogP) is 5.71. The highest BCUT2D eigenvalue weighted by atomic mass is 19.1.